The summed E-state index contributed by atoms with van der Waals surface area (Å²) in [5.74, 6) is -1.20. The molecular formula is C20H30N4O3. The van der Waals surface area contributed by atoms with E-state index in [4.69, 9.17) is 4.74 Å². The molecule has 2 amide bonds. The summed E-state index contributed by atoms with van der Waals surface area (Å²) in [5.41, 5.74) is 3.75. The van der Waals surface area contributed by atoms with Crippen molar-refractivity contribution in [2.24, 2.45) is 0 Å². The van der Waals surface area contributed by atoms with Crippen LogP contribution in [0.3, 0.4) is 0 Å². The molecule has 1 aromatic rings. The molecule has 27 heavy (non-hydrogen) atoms. The maximum Gasteiger partial charge on any atom is 0.309 e. The second kappa shape index (κ2) is 8.71. The van der Waals surface area contributed by atoms with Crippen molar-refractivity contribution in [2.75, 3.05) is 52.3 Å². The van der Waals surface area contributed by atoms with E-state index in [1.807, 2.05) is 14.1 Å². The average molecular weight is 374 g/mol. The van der Waals surface area contributed by atoms with Gasteiger partial charge in [0, 0.05) is 39.0 Å². The van der Waals surface area contributed by atoms with E-state index in [0.717, 1.165) is 38.0 Å². The van der Waals surface area contributed by atoms with Crippen LogP contribution in [-0.4, -0.2) is 70.2 Å². The van der Waals surface area contributed by atoms with Crippen LogP contribution in [0.4, 0.5) is 5.69 Å². The number of ether oxygens (including phenoxy) is 1. The number of anilines is 1. The zero-order valence-corrected chi connectivity index (χ0v) is 16.5. The van der Waals surface area contributed by atoms with Gasteiger partial charge in [0.1, 0.15) is 0 Å². The first-order chi connectivity index (χ1) is 13.0. The van der Waals surface area contributed by atoms with E-state index in [1.54, 1.807) is 0 Å². The molecular weight excluding hydrogens is 344 g/mol. The van der Waals surface area contributed by atoms with Crippen molar-refractivity contribution in [3.05, 3.63) is 29.3 Å². The Balaban J connectivity index is 1.55. The van der Waals surface area contributed by atoms with Crippen LogP contribution in [-0.2, 0) is 20.7 Å². The number of hydrogen-bond acceptors (Lipinski definition) is 5. The summed E-state index contributed by atoms with van der Waals surface area (Å²) in [6.07, 6.45) is 3.00. The first kappa shape index (κ1) is 19.6. The molecule has 2 unspecified atom stereocenters. The Morgan fingerprint density at radius 2 is 2.07 bits per heavy atom. The standard InChI is InChI=1S/C20H30N4O3/c1-23(2)18(14-6-7-17-15(11-14)8-9-24(17)3)13-22-20(26)19(25)21-12-16-5-4-10-27-16/h6-7,11,16,18H,4-5,8-10,12-13H2,1-3H3,(H,21,25)(H,22,26). The Morgan fingerprint density at radius 3 is 2.78 bits per heavy atom. The molecule has 1 aromatic carbocycles. The summed E-state index contributed by atoms with van der Waals surface area (Å²) in [6, 6.07) is 6.48. The predicted molar refractivity (Wildman–Crippen MR) is 105 cm³/mol. The molecule has 148 valence electrons. The van der Waals surface area contributed by atoms with Gasteiger partial charge in [-0.2, -0.15) is 0 Å². The lowest BCUT2D eigenvalue weighted by Gasteiger charge is -2.26. The van der Waals surface area contributed by atoms with Crippen molar-refractivity contribution < 1.29 is 14.3 Å². The van der Waals surface area contributed by atoms with Crippen molar-refractivity contribution >= 4 is 17.5 Å². The summed E-state index contributed by atoms with van der Waals surface area (Å²) in [4.78, 5) is 28.5. The fourth-order valence-corrected chi connectivity index (χ4v) is 3.75. The maximum absolute atomic E-state index is 12.1. The second-order valence-electron chi connectivity index (χ2n) is 7.59. The third-order valence-corrected chi connectivity index (χ3v) is 5.42. The Kier molecular flexibility index (Phi) is 6.34. The zero-order chi connectivity index (χ0) is 19.4. The van der Waals surface area contributed by atoms with Crippen LogP contribution in [0.2, 0.25) is 0 Å². The molecule has 7 nitrogen and oxygen atoms in total. The van der Waals surface area contributed by atoms with Gasteiger partial charge in [0.15, 0.2) is 0 Å². The third-order valence-electron chi connectivity index (χ3n) is 5.42. The summed E-state index contributed by atoms with van der Waals surface area (Å²) >= 11 is 0. The summed E-state index contributed by atoms with van der Waals surface area (Å²) in [5, 5.41) is 5.43. The van der Waals surface area contributed by atoms with E-state index in [2.05, 4.69) is 45.7 Å². The van der Waals surface area contributed by atoms with E-state index in [-0.39, 0.29) is 12.1 Å². The number of nitrogens with one attached hydrogen (secondary N) is 2. The molecule has 1 saturated heterocycles. The maximum atomic E-state index is 12.1. The van der Waals surface area contributed by atoms with Gasteiger partial charge in [-0.1, -0.05) is 12.1 Å². The second-order valence-corrected chi connectivity index (χ2v) is 7.59. The van der Waals surface area contributed by atoms with E-state index >= 15 is 0 Å². The van der Waals surface area contributed by atoms with E-state index in [0.29, 0.717) is 13.1 Å². The first-order valence-electron chi connectivity index (χ1n) is 9.63. The number of amides is 2. The summed E-state index contributed by atoms with van der Waals surface area (Å²) in [6.45, 7) is 2.54. The van der Waals surface area contributed by atoms with Crippen LogP contribution in [0.25, 0.3) is 0 Å². The van der Waals surface area contributed by atoms with Gasteiger partial charge >= 0.3 is 11.8 Å². The van der Waals surface area contributed by atoms with Crippen LogP contribution in [0.5, 0.6) is 0 Å². The van der Waals surface area contributed by atoms with Crippen LogP contribution >= 0.6 is 0 Å². The third kappa shape index (κ3) is 4.78. The summed E-state index contributed by atoms with van der Waals surface area (Å²) in [7, 11) is 6.06. The van der Waals surface area contributed by atoms with E-state index < -0.39 is 11.8 Å². The molecule has 2 heterocycles. The van der Waals surface area contributed by atoms with Gasteiger partial charge in [-0.15, -0.1) is 0 Å². The first-order valence-corrected chi connectivity index (χ1v) is 9.63. The highest BCUT2D eigenvalue weighted by Gasteiger charge is 2.23. The fraction of sp³-hybridized carbons (Fsp3) is 0.600. The van der Waals surface area contributed by atoms with Gasteiger partial charge < -0.3 is 25.2 Å². The molecule has 0 bridgehead atoms. The average Bonchev–Trinajstić information content (AvgIpc) is 3.29. The molecule has 2 N–H and O–H groups in total. The van der Waals surface area contributed by atoms with Crippen LogP contribution in [0.15, 0.2) is 18.2 Å². The predicted octanol–water partition coefficient (Wildman–Crippen LogP) is 0.693. The lowest BCUT2D eigenvalue weighted by atomic mass is 10.0. The number of nitrogens with zero attached hydrogens (tertiary/aromatic N) is 2. The van der Waals surface area contributed by atoms with Crippen molar-refractivity contribution in [3.63, 3.8) is 0 Å². The SMILES string of the molecule is CN1CCc2cc(C(CNC(=O)C(=O)NCC3CCCO3)N(C)C)ccc21. The highest BCUT2D eigenvalue weighted by Crippen LogP contribution is 2.30. The van der Waals surface area contributed by atoms with Crippen LogP contribution < -0.4 is 15.5 Å². The van der Waals surface area contributed by atoms with Gasteiger partial charge in [-0.3, -0.25) is 9.59 Å². The van der Waals surface area contributed by atoms with Crippen molar-refractivity contribution in [1.82, 2.24) is 15.5 Å². The van der Waals surface area contributed by atoms with Gasteiger partial charge in [0.25, 0.3) is 0 Å². The molecule has 1 fully saturated rings. The van der Waals surface area contributed by atoms with Crippen LogP contribution in [0, 0.1) is 0 Å². The topological polar surface area (TPSA) is 73.9 Å². The molecule has 0 radical (unpaired) electrons. The lowest BCUT2D eigenvalue weighted by Crippen LogP contribution is -2.44. The van der Waals surface area contributed by atoms with Gasteiger partial charge in [0.2, 0.25) is 0 Å². The molecule has 2 aliphatic rings. The van der Waals surface area contributed by atoms with Gasteiger partial charge in [-0.05, 0) is 50.6 Å². The van der Waals surface area contributed by atoms with Gasteiger partial charge in [0.05, 0.1) is 12.1 Å². The Labute approximate surface area is 161 Å². The van der Waals surface area contributed by atoms with E-state index in [1.165, 1.54) is 11.3 Å². The van der Waals surface area contributed by atoms with Crippen molar-refractivity contribution in [1.29, 1.82) is 0 Å². The van der Waals surface area contributed by atoms with Crippen LogP contribution in [0.1, 0.15) is 30.0 Å². The number of fused-ring (bicyclic) bond motifs is 1. The molecule has 0 aliphatic carbocycles. The fourth-order valence-electron chi connectivity index (χ4n) is 3.75. The molecule has 3 rings (SSSR count). The Hall–Kier alpha value is -2.12. The smallest absolute Gasteiger partial charge is 0.309 e. The number of carbonyl (C=O) groups is 2. The number of carbonyl (C=O) groups excluding carboxylic acids is 2. The largest absolute Gasteiger partial charge is 0.376 e. The molecule has 2 aliphatic heterocycles. The molecule has 0 saturated carbocycles. The summed E-state index contributed by atoms with van der Waals surface area (Å²) < 4.78 is 5.46. The molecule has 2 atom stereocenters. The number of benzene rings is 1. The molecule has 7 heteroatoms. The minimum absolute atomic E-state index is 0.0103. The highest BCUT2D eigenvalue weighted by atomic mass is 16.5. The minimum Gasteiger partial charge on any atom is -0.376 e. The van der Waals surface area contributed by atoms with Crippen molar-refractivity contribution in [3.8, 4) is 0 Å². The number of hydrogen-bond donors (Lipinski definition) is 2. The van der Waals surface area contributed by atoms with E-state index in [9.17, 15) is 9.59 Å². The number of rotatable bonds is 6. The Morgan fingerprint density at radius 1 is 1.30 bits per heavy atom. The quantitative estimate of drug-likeness (QED) is 0.717. The lowest BCUT2D eigenvalue weighted by molar-refractivity contribution is -0.139. The van der Waals surface area contributed by atoms with Gasteiger partial charge in [-0.25, -0.2) is 0 Å². The molecule has 0 spiro atoms. The highest BCUT2D eigenvalue weighted by molar-refractivity contribution is 6.35. The monoisotopic (exact) mass is 374 g/mol. The zero-order valence-electron chi connectivity index (χ0n) is 16.5. The normalized spacial score (nSPS) is 19.9. The number of likely N-dealkylation sites (N-methyl/N-ethyl adjacent to an activating group) is 2. The van der Waals surface area contributed by atoms with Crippen molar-refractivity contribution in [2.45, 2.75) is 31.4 Å². The Bertz CT molecular complexity index is 686. The molecule has 0 aromatic heterocycles. The minimum atomic E-state index is -0.599.